The van der Waals surface area contributed by atoms with Crippen molar-refractivity contribution in [1.29, 1.82) is 0 Å². The summed E-state index contributed by atoms with van der Waals surface area (Å²) in [4.78, 5) is 31.0. The highest BCUT2D eigenvalue weighted by Crippen LogP contribution is 2.32. The van der Waals surface area contributed by atoms with Crippen LogP contribution in [0.25, 0.3) is 0 Å². The molecule has 1 amide bonds. The number of carbonyl (C=O) groups is 2. The molecule has 0 aliphatic carbocycles. The molecule has 0 atom stereocenters. The number of pyridine rings is 1. The van der Waals surface area contributed by atoms with Gasteiger partial charge in [-0.05, 0) is 31.4 Å². The standard InChI is InChI=1S/C17H14F3N3O2S/c1-10-14(12(9-24)8-13(21-10)17(18,19)20)22-16(26-2)23-15(25)11-6-4-3-5-7-11/h3-9H,1-2H3,(H,22,23,25). The molecule has 1 heterocycles. The number of hydrogen-bond acceptors (Lipinski definition) is 5. The Labute approximate surface area is 151 Å². The van der Waals surface area contributed by atoms with Gasteiger partial charge in [-0.15, -0.1) is 0 Å². The number of hydrogen-bond donors (Lipinski definition) is 1. The molecule has 0 saturated heterocycles. The Morgan fingerprint density at radius 3 is 2.46 bits per heavy atom. The molecule has 0 aliphatic heterocycles. The number of halogens is 3. The van der Waals surface area contributed by atoms with E-state index in [1.54, 1.807) is 36.6 Å². The molecule has 136 valence electrons. The molecule has 0 bridgehead atoms. The zero-order chi connectivity index (χ0) is 19.3. The summed E-state index contributed by atoms with van der Waals surface area (Å²) in [5, 5.41) is 2.69. The molecule has 0 saturated carbocycles. The molecule has 9 heteroatoms. The SMILES string of the molecule is CS/C(=N/c1c(C=O)cc(C(F)(F)F)nc1C)NC(=O)c1ccccc1. The first-order valence-corrected chi connectivity index (χ1v) is 8.52. The van der Waals surface area contributed by atoms with Crippen LogP contribution in [0.5, 0.6) is 0 Å². The number of aromatic nitrogens is 1. The van der Waals surface area contributed by atoms with E-state index in [2.05, 4.69) is 15.3 Å². The van der Waals surface area contributed by atoms with Gasteiger partial charge in [0.25, 0.3) is 5.91 Å². The summed E-state index contributed by atoms with van der Waals surface area (Å²) in [7, 11) is 0. The second-order valence-electron chi connectivity index (χ2n) is 5.09. The second-order valence-corrected chi connectivity index (χ2v) is 5.88. The number of benzene rings is 1. The second kappa shape index (κ2) is 8.13. The van der Waals surface area contributed by atoms with E-state index in [0.717, 1.165) is 11.8 Å². The Bertz CT molecular complexity index is 852. The molecular weight excluding hydrogens is 367 g/mol. The number of nitrogens with one attached hydrogen (secondary N) is 1. The topological polar surface area (TPSA) is 71.4 Å². The van der Waals surface area contributed by atoms with Crippen molar-refractivity contribution in [3.05, 3.63) is 58.9 Å². The summed E-state index contributed by atoms with van der Waals surface area (Å²) in [6.07, 6.45) is -2.76. The fraction of sp³-hybridized carbons (Fsp3) is 0.176. The van der Waals surface area contributed by atoms with Gasteiger partial charge in [-0.25, -0.2) is 9.98 Å². The first kappa shape index (κ1) is 19.6. The van der Waals surface area contributed by atoms with Crippen LogP contribution < -0.4 is 5.32 Å². The van der Waals surface area contributed by atoms with Crippen LogP contribution in [0.4, 0.5) is 18.9 Å². The van der Waals surface area contributed by atoms with Gasteiger partial charge in [0, 0.05) is 11.1 Å². The van der Waals surface area contributed by atoms with E-state index in [9.17, 15) is 22.8 Å². The van der Waals surface area contributed by atoms with E-state index in [1.807, 2.05) is 0 Å². The van der Waals surface area contributed by atoms with Gasteiger partial charge >= 0.3 is 6.18 Å². The lowest BCUT2D eigenvalue weighted by Gasteiger charge is -2.12. The van der Waals surface area contributed by atoms with Gasteiger partial charge in [0.2, 0.25) is 0 Å². The first-order valence-electron chi connectivity index (χ1n) is 7.29. The number of aldehydes is 1. The minimum atomic E-state index is -4.67. The summed E-state index contributed by atoms with van der Waals surface area (Å²) in [5.41, 5.74) is -1.12. The Kier molecular flexibility index (Phi) is 6.14. The molecule has 0 fully saturated rings. The average Bonchev–Trinajstić information content (AvgIpc) is 2.61. The molecule has 5 nitrogen and oxygen atoms in total. The first-order chi connectivity index (χ1) is 12.3. The predicted octanol–water partition coefficient (Wildman–Crippen LogP) is 4.00. The fourth-order valence-electron chi connectivity index (χ4n) is 2.06. The van der Waals surface area contributed by atoms with Gasteiger partial charge in [0.05, 0.1) is 11.4 Å². The third-order valence-corrected chi connectivity index (χ3v) is 3.86. The van der Waals surface area contributed by atoms with E-state index >= 15 is 0 Å². The molecule has 0 unspecified atom stereocenters. The van der Waals surface area contributed by atoms with Gasteiger partial charge in [-0.3, -0.25) is 9.59 Å². The van der Waals surface area contributed by atoms with Crippen LogP contribution in [0.3, 0.4) is 0 Å². The van der Waals surface area contributed by atoms with Crippen LogP contribution >= 0.6 is 11.8 Å². The van der Waals surface area contributed by atoms with Crippen LogP contribution in [0, 0.1) is 6.92 Å². The van der Waals surface area contributed by atoms with Gasteiger partial charge in [0.15, 0.2) is 11.5 Å². The lowest BCUT2D eigenvalue weighted by atomic mass is 10.1. The molecule has 0 spiro atoms. The summed E-state index contributed by atoms with van der Waals surface area (Å²) in [5.74, 6) is -0.427. The van der Waals surface area contributed by atoms with Crippen LogP contribution in [0.15, 0.2) is 41.4 Å². The quantitative estimate of drug-likeness (QED) is 0.496. The maximum atomic E-state index is 12.8. The Morgan fingerprint density at radius 2 is 1.92 bits per heavy atom. The number of nitrogens with zero attached hydrogens (tertiary/aromatic N) is 2. The zero-order valence-electron chi connectivity index (χ0n) is 13.8. The number of rotatable bonds is 3. The minimum absolute atomic E-state index is 0.0225. The van der Waals surface area contributed by atoms with Gasteiger partial charge in [-0.2, -0.15) is 13.2 Å². The third kappa shape index (κ3) is 4.69. The highest BCUT2D eigenvalue weighted by molar-refractivity contribution is 8.13. The molecular formula is C17H14F3N3O2S. The number of aryl methyl sites for hydroxylation is 1. The van der Waals surface area contributed by atoms with Gasteiger partial charge in [-0.1, -0.05) is 30.0 Å². The normalized spacial score (nSPS) is 12.0. The van der Waals surface area contributed by atoms with Crippen molar-refractivity contribution in [2.75, 3.05) is 6.26 Å². The van der Waals surface area contributed by atoms with Crippen molar-refractivity contribution in [3.63, 3.8) is 0 Å². The molecule has 0 aliphatic rings. The maximum Gasteiger partial charge on any atom is 0.433 e. The summed E-state index contributed by atoms with van der Waals surface area (Å²) < 4.78 is 38.5. The highest BCUT2D eigenvalue weighted by Gasteiger charge is 2.33. The van der Waals surface area contributed by atoms with Crippen LogP contribution in [0.2, 0.25) is 0 Å². The Balaban J connectivity index is 2.39. The number of amidine groups is 1. The molecule has 1 aromatic heterocycles. The molecule has 0 radical (unpaired) electrons. The summed E-state index contributed by atoms with van der Waals surface area (Å²) in [6.45, 7) is 1.32. The lowest BCUT2D eigenvalue weighted by Crippen LogP contribution is -2.28. The summed E-state index contributed by atoms with van der Waals surface area (Å²) >= 11 is 1.08. The van der Waals surface area contributed by atoms with Crippen molar-refractivity contribution in [2.45, 2.75) is 13.1 Å². The van der Waals surface area contributed by atoms with E-state index in [4.69, 9.17) is 0 Å². The zero-order valence-corrected chi connectivity index (χ0v) is 14.6. The molecule has 1 N–H and O–H groups in total. The van der Waals surface area contributed by atoms with Crippen molar-refractivity contribution < 1.29 is 22.8 Å². The predicted molar refractivity (Wildman–Crippen MR) is 93.9 cm³/mol. The number of alkyl halides is 3. The number of aliphatic imine (C=N–C) groups is 1. The minimum Gasteiger partial charge on any atom is -0.301 e. The van der Waals surface area contributed by atoms with Crippen LogP contribution in [0.1, 0.15) is 32.1 Å². The van der Waals surface area contributed by atoms with Gasteiger partial charge in [0.1, 0.15) is 5.69 Å². The van der Waals surface area contributed by atoms with E-state index < -0.39 is 17.8 Å². The largest absolute Gasteiger partial charge is 0.433 e. The van der Waals surface area contributed by atoms with Crippen LogP contribution in [-0.4, -0.2) is 28.6 Å². The van der Waals surface area contributed by atoms with Crippen molar-refractivity contribution in [1.82, 2.24) is 10.3 Å². The molecule has 1 aromatic carbocycles. The van der Waals surface area contributed by atoms with Crippen molar-refractivity contribution in [3.8, 4) is 0 Å². The number of carbonyl (C=O) groups excluding carboxylic acids is 2. The van der Waals surface area contributed by atoms with E-state index in [1.165, 1.54) is 6.92 Å². The molecule has 2 aromatic rings. The van der Waals surface area contributed by atoms with E-state index in [0.29, 0.717) is 11.6 Å². The fourth-order valence-corrected chi connectivity index (χ4v) is 2.43. The monoisotopic (exact) mass is 381 g/mol. The average molecular weight is 381 g/mol. The van der Waals surface area contributed by atoms with Gasteiger partial charge < -0.3 is 5.32 Å². The summed E-state index contributed by atoms with van der Waals surface area (Å²) in [6, 6.07) is 8.99. The Hall–Kier alpha value is -2.68. The van der Waals surface area contributed by atoms with E-state index in [-0.39, 0.29) is 28.4 Å². The smallest absolute Gasteiger partial charge is 0.301 e. The van der Waals surface area contributed by atoms with Crippen LogP contribution in [-0.2, 0) is 6.18 Å². The lowest BCUT2D eigenvalue weighted by molar-refractivity contribution is -0.141. The molecule has 2 rings (SSSR count). The maximum absolute atomic E-state index is 12.8. The highest BCUT2D eigenvalue weighted by atomic mass is 32.2. The third-order valence-electron chi connectivity index (χ3n) is 3.28. The van der Waals surface area contributed by atoms with Crippen molar-refractivity contribution in [2.24, 2.45) is 4.99 Å². The number of amides is 1. The number of thioether (sulfide) groups is 1. The molecule has 26 heavy (non-hydrogen) atoms. The Morgan fingerprint density at radius 1 is 1.27 bits per heavy atom. The van der Waals surface area contributed by atoms with Crippen molar-refractivity contribution >= 4 is 34.8 Å².